The summed E-state index contributed by atoms with van der Waals surface area (Å²) >= 11 is 6.29. The van der Waals surface area contributed by atoms with Crippen LogP contribution >= 0.6 is 11.6 Å². The largest absolute Gasteiger partial charge is 0.493 e. The first kappa shape index (κ1) is 26.1. The second-order valence-electron chi connectivity index (χ2n) is 9.31. The van der Waals surface area contributed by atoms with Crippen LogP contribution in [0.1, 0.15) is 23.6 Å². The molecule has 0 amide bonds. The molecule has 5 aromatic rings. The van der Waals surface area contributed by atoms with E-state index in [0.29, 0.717) is 46.1 Å². The zero-order valence-electron chi connectivity index (χ0n) is 22.2. The molecule has 0 saturated carbocycles. The summed E-state index contributed by atoms with van der Waals surface area (Å²) in [6, 6.07) is 21.4. The fourth-order valence-electron chi connectivity index (χ4n) is 4.80. The molecular formula is C29H26ClN9O2. The Morgan fingerprint density at radius 3 is 2.46 bits per heavy atom. The SMILES string of the molecule is COc1cc2nc(Cl)nc(Nc3cccc(C4=Nc5c(N)nc(N)nc5NC(c5ccccc5)C4)c3)c2cc1OC. The minimum absolute atomic E-state index is 0.0791. The van der Waals surface area contributed by atoms with Gasteiger partial charge in [0.1, 0.15) is 11.5 Å². The van der Waals surface area contributed by atoms with Crippen molar-refractivity contribution in [2.75, 3.05) is 36.3 Å². The molecule has 0 aliphatic carbocycles. The van der Waals surface area contributed by atoms with E-state index in [1.165, 1.54) is 0 Å². The maximum atomic E-state index is 6.29. The van der Waals surface area contributed by atoms with E-state index in [-0.39, 0.29) is 23.1 Å². The van der Waals surface area contributed by atoms with Crippen LogP contribution in [0.2, 0.25) is 5.28 Å². The molecule has 2 aromatic heterocycles. The van der Waals surface area contributed by atoms with Gasteiger partial charge in [0.05, 0.1) is 31.5 Å². The average Bonchev–Trinajstić information content (AvgIpc) is 3.17. The summed E-state index contributed by atoms with van der Waals surface area (Å²) in [5.41, 5.74) is 16.7. The van der Waals surface area contributed by atoms with Crippen LogP contribution in [0.25, 0.3) is 10.9 Å². The van der Waals surface area contributed by atoms with Gasteiger partial charge in [-0.1, -0.05) is 42.5 Å². The molecule has 0 fully saturated rings. The molecular weight excluding hydrogens is 542 g/mol. The van der Waals surface area contributed by atoms with Gasteiger partial charge >= 0.3 is 0 Å². The van der Waals surface area contributed by atoms with Crippen molar-refractivity contribution < 1.29 is 9.47 Å². The third kappa shape index (κ3) is 5.22. The highest BCUT2D eigenvalue weighted by atomic mass is 35.5. The summed E-state index contributed by atoms with van der Waals surface area (Å²) in [7, 11) is 3.14. The predicted octanol–water partition coefficient (Wildman–Crippen LogP) is 5.68. The third-order valence-corrected chi connectivity index (χ3v) is 6.89. The number of nitrogens with two attached hydrogens (primary N) is 2. The van der Waals surface area contributed by atoms with Crippen LogP contribution in [-0.2, 0) is 0 Å². The molecule has 0 bridgehead atoms. The Morgan fingerprint density at radius 1 is 0.902 bits per heavy atom. The normalized spacial score (nSPS) is 14.4. The van der Waals surface area contributed by atoms with Crippen LogP contribution in [0.4, 0.5) is 34.8 Å². The zero-order chi connectivity index (χ0) is 28.5. The van der Waals surface area contributed by atoms with Crippen LogP contribution in [0.15, 0.2) is 71.7 Å². The Labute approximate surface area is 240 Å². The summed E-state index contributed by atoms with van der Waals surface area (Å²) < 4.78 is 10.9. The molecule has 0 spiro atoms. The highest BCUT2D eigenvalue weighted by Gasteiger charge is 2.24. The van der Waals surface area contributed by atoms with Crippen molar-refractivity contribution in [2.45, 2.75) is 12.5 Å². The van der Waals surface area contributed by atoms with Crippen LogP contribution in [0.3, 0.4) is 0 Å². The number of anilines is 5. The van der Waals surface area contributed by atoms with Gasteiger partial charge in [0, 0.05) is 23.6 Å². The number of ether oxygens (including phenoxy) is 2. The highest BCUT2D eigenvalue weighted by molar-refractivity contribution is 6.29. The lowest BCUT2D eigenvalue weighted by molar-refractivity contribution is 0.356. The second-order valence-corrected chi connectivity index (χ2v) is 9.64. The van der Waals surface area contributed by atoms with Gasteiger partial charge in [0.2, 0.25) is 11.2 Å². The molecule has 11 nitrogen and oxygen atoms in total. The number of nitrogens with zero attached hydrogens (tertiary/aromatic N) is 5. The van der Waals surface area contributed by atoms with Gasteiger partial charge in [-0.25, -0.2) is 9.98 Å². The van der Waals surface area contributed by atoms with Crippen molar-refractivity contribution in [2.24, 2.45) is 4.99 Å². The van der Waals surface area contributed by atoms with E-state index in [9.17, 15) is 0 Å². The summed E-state index contributed by atoms with van der Waals surface area (Å²) in [6.07, 6.45) is 0.558. The van der Waals surface area contributed by atoms with Gasteiger partial charge in [-0.3, -0.25) is 0 Å². The van der Waals surface area contributed by atoms with Gasteiger partial charge in [-0.15, -0.1) is 0 Å². The Morgan fingerprint density at radius 2 is 1.68 bits per heavy atom. The van der Waals surface area contributed by atoms with Crippen molar-refractivity contribution in [3.05, 3.63) is 83.1 Å². The van der Waals surface area contributed by atoms with Crippen LogP contribution in [0.5, 0.6) is 11.5 Å². The number of fused-ring (bicyclic) bond motifs is 2. The number of aliphatic imine (C=N–C) groups is 1. The van der Waals surface area contributed by atoms with Crippen molar-refractivity contribution in [1.29, 1.82) is 0 Å². The molecule has 1 aliphatic heterocycles. The van der Waals surface area contributed by atoms with Gasteiger partial charge in [-0.2, -0.15) is 15.0 Å². The van der Waals surface area contributed by atoms with E-state index < -0.39 is 0 Å². The molecule has 206 valence electrons. The van der Waals surface area contributed by atoms with Crippen molar-refractivity contribution in [3.8, 4) is 11.5 Å². The van der Waals surface area contributed by atoms with Crippen molar-refractivity contribution in [1.82, 2.24) is 19.9 Å². The Kier molecular flexibility index (Phi) is 6.86. The predicted molar refractivity (Wildman–Crippen MR) is 162 cm³/mol. The smallest absolute Gasteiger partial charge is 0.224 e. The molecule has 0 radical (unpaired) electrons. The first-order valence-electron chi connectivity index (χ1n) is 12.7. The number of hydrogen-bond donors (Lipinski definition) is 4. The maximum absolute atomic E-state index is 6.29. The van der Waals surface area contributed by atoms with E-state index >= 15 is 0 Å². The van der Waals surface area contributed by atoms with Gasteiger partial charge < -0.3 is 31.6 Å². The molecule has 1 atom stereocenters. The zero-order valence-corrected chi connectivity index (χ0v) is 23.0. The van der Waals surface area contributed by atoms with Crippen LogP contribution in [0, 0.1) is 0 Å². The molecule has 1 aliphatic rings. The average molecular weight is 568 g/mol. The fraction of sp³-hybridized carbons (Fsp3) is 0.138. The summed E-state index contributed by atoms with van der Waals surface area (Å²) in [5.74, 6) is 2.38. The number of rotatable bonds is 6. The van der Waals surface area contributed by atoms with Crippen LogP contribution in [-0.4, -0.2) is 39.9 Å². The lowest BCUT2D eigenvalue weighted by Crippen LogP contribution is -2.15. The Balaban J connectivity index is 1.41. The minimum Gasteiger partial charge on any atom is -0.493 e. The first-order chi connectivity index (χ1) is 19.9. The van der Waals surface area contributed by atoms with E-state index in [1.807, 2.05) is 48.5 Å². The lowest BCUT2D eigenvalue weighted by Gasteiger charge is -2.19. The molecule has 41 heavy (non-hydrogen) atoms. The number of nitrogens with one attached hydrogen (secondary N) is 2. The van der Waals surface area contributed by atoms with Gasteiger partial charge in [0.25, 0.3) is 0 Å². The summed E-state index contributed by atoms with van der Waals surface area (Å²) in [5, 5.41) is 7.66. The maximum Gasteiger partial charge on any atom is 0.224 e. The Hall–Kier alpha value is -5.16. The molecule has 0 saturated heterocycles. The quantitative estimate of drug-likeness (QED) is 0.188. The molecule has 6 N–H and O–H groups in total. The summed E-state index contributed by atoms with van der Waals surface area (Å²) in [4.78, 5) is 22.2. The first-order valence-corrected chi connectivity index (χ1v) is 13.1. The third-order valence-electron chi connectivity index (χ3n) is 6.72. The summed E-state index contributed by atoms with van der Waals surface area (Å²) in [6.45, 7) is 0. The van der Waals surface area contributed by atoms with E-state index in [4.69, 9.17) is 37.5 Å². The second kappa shape index (κ2) is 10.8. The lowest BCUT2D eigenvalue weighted by atomic mass is 9.97. The van der Waals surface area contributed by atoms with Crippen molar-refractivity contribution in [3.63, 3.8) is 0 Å². The standard InChI is InChI=1S/C29H26ClN9O2/c1-40-22-12-18-21(14-23(22)41-2)36-28(30)38-26(18)33-17-10-6-9-16(11-17)20-13-19(15-7-4-3-5-8-15)35-27-24(34-20)25(31)37-29(32)39-27/h3-12,14,19H,13H2,1-2H3,(H,33,36,38)(H5,31,32,35,37,39). The topological polar surface area (TPSA) is 158 Å². The number of nitrogen functional groups attached to an aromatic ring is 2. The molecule has 3 aromatic carbocycles. The molecule has 6 rings (SSSR count). The number of aromatic nitrogens is 4. The monoisotopic (exact) mass is 567 g/mol. The Bertz CT molecular complexity index is 1800. The number of halogens is 1. The van der Waals surface area contributed by atoms with Crippen LogP contribution < -0.4 is 31.6 Å². The van der Waals surface area contributed by atoms with Crippen molar-refractivity contribution >= 4 is 63.0 Å². The number of benzene rings is 3. The minimum atomic E-state index is -0.131. The highest BCUT2D eigenvalue weighted by Crippen LogP contribution is 2.39. The van der Waals surface area contributed by atoms with E-state index in [2.05, 4.69) is 42.7 Å². The van der Waals surface area contributed by atoms with E-state index in [1.54, 1.807) is 20.3 Å². The molecule has 3 heterocycles. The fourth-order valence-corrected chi connectivity index (χ4v) is 4.97. The van der Waals surface area contributed by atoms with Gasteiger partial charge in [0.15, 0.2) is 23.1 Å². The number of methoxy groups -OCH3 is 2. The molecule has 12 heteroatoms. The molecule has 1 unspecified atom stereocenters. The number of hydrogen-bond acceptors (Lipinski definition) is 11. The van der Waals surface area contributed by atoms with Gasteiger partial charge in [-0.05, 0) is 40.9 Å². The van der Waals surface area contributed by atoms with E-state index in [0.717, 1.165) is 22.5 Å².